The number of likely N-dealkylation sites (tertiary alicyclic amines) is 1. The Balaban J connectivity index is 1.60. The first-order chi connectivity index (χ1) is 13.1. The molecule has 0 radical (unpaired) electrons. The smallest absolute Gasteiger partial charge is 0.253 e. The van der Waals surface area contributed by atoms with Gasteiger partial charge in [0, 0.05) is 24.3 Å². The zero-order valence-electron chi connectivity index (χ0n) is 15.3. The van der Waals surface area contributed by atoms with Crippen molar-refractivity contribution in [3.05, 3.63) is 59.9 Å². The number of anilines is 1. The van der Waals surface area contributed by atoms with Gasteiger partial charge < -0.3 is 15.0 Å². The zero-order chi connectivity index (χ0) is 19.2. The van der Waals surface area contributed by atoms with Crippen LogP contribution in [0.25, 0.3) is 0 Å². The Bertz CT molecular complexity index is 790. The summed E-state index contributed by atoms with van der Waals surface area (Å²) in [6, 6.07) is 12.7. The van der Waals surface area contributed by atoms with Gasteiger partial charge in [-0.25, -0.2) is 4.39 Å². The summed E-state index contributed by atoms with van der Waals surface area (Å²) in [5.74, 6) is -0.166. The third-order valence-corrected chi connectivity index (χ3v) is 4.60. The van der Waals surface area contributed by atoms with Crippen molar-refractivity contribution >= 4 is 17.5 Å². The van der Waals surface area contributed by atoms with Crippen molar-refractivity contribution in [2.75, 3.05) is 25.0 Å². The Labute approximate surface area is 158 Å². The molecule has 2 aromatic carbocycles. The van der Waals surface area contributed by atoms with Crippen LogP contribution < -0.4 is 10.1 Å². The Hall–Kier alpha value is -2.89. The molecule has 142 valence electrons. The van der Waals surface area contributed by atoms with Gasteiger partial charge in [0.15, 0.2) is 0 Å². The molecule has 0 aromatic heterocycles. The number of amides is 2. The van der Waals surface area contributed by atoms with Crippen molar-refractivity contribution in [1.82, 2.24) is 4.90 Å². The van der Waals surface area contributed by atoms with Crippen LogP contribution in [0.5, 0.6) is 5.75 Å². The summed E-state index contributed by atoms with van der Waals surface area (Å²) in [6.45, 7) is 3.46. The first-order valence-corrected chi connectivity index (χ1v) is 9.15. The lowest BCUT2D eigenvalue weighted by Crippen LogP contribution is -2.43. The maximum Gasteiger partial charge on any atom is 0.253 e. The molecular formula is C21H23FN2O3. The summed E-state index contributed by atoms with van der Waals surface area (Å²) in [6.07, 6.45) is 1.49. The van der Waals surface area contributed by atoms with Crippen molar-refractivity contribution in [1.29, 1.82) is 0 Å². The lowest BCUT2D eigenvalue weighted by Gasteiger charge is -2.32. The van der Waals surface area contributed by atoms with Crippen molar-refractivity contribution in [2.24, 2.45) is 5.92 Å². The lowest BCUT2D eigenvalue weighted by atomic mass is 9.96. The molecule has 0 spiro atoms. The van der Waals surface area contributed by atoms with E-state index in [9.17, 15) is 14.0 Å². The molecule has 1 aliphatic heterocycles. The quantitative estimate of drug-likeness (QED) is 0.873. The molecule has 1 unspecified atom stereocenters. The number of rotatable bonds is 5. The van der Waals surface area contributed by atoms with Gasteiger partial charge in [0.05, 0.1) is 12.5 Å². The number of piperidine rings is 1. The van der Waals surface area contributed by atoms with Gasteiger partial charge in [0.25, 0.3) is 5.91 Å². The number of carbonyl (C=O) groups excluding carboxylic acids is 2. The molecule has 1 heterocycles. The van der Waals surface area contributed by atoms with E-state index in [4.69, 9.17) is 4.74 Å². The topological polar surface area (TPSA) is 58.6 Å². The summed E-state index contributed by atoms with van der Waals surface area (Å²) in [7, 11) is 0. The number of ether oxygens (including phenoxy) is 1. The number of benzene rings is 2. The van der Waals surface area contributed by atoms with Crippen LogP contribution in [0, 0.1) is 11.7 Å². The Morgan fingerprint density at radius 2 is 1.85 bits per heavy atom. The number of nitrogens with one attached hydrogen (secondary N) is 1. The van der Waals surface area contributed by atoms with Crippen LogP contribution in [0.2, 0.25) is 0 Å². The second-order valence-corrected chi connectivity index (χ2v) is 6.54. The van der Waals surface area contributed by atoms with E-state index in [0.29, 0.717) is 30.9 Å². The van der Waals surface area contributed by atoms with Gasteiger partial charge in [-0.15, -0.1) is 0 Å². The van der Waals surface area contributed by atoms with E-state index in [2.05, 4.69) is 5.32 Å². The van der Waals surface area contributed by atoms with Crippen LogP contribution in [0.4, 0.5) is 10.1 Å². The fourth-order valence-corrected chi connectivity index (χ4v) is 3.20. The summed E-state index contributed by atoms with van der Waals surface area (Å²) < 4.78 is 18.4. The van der Waals surface area contributed by atoms with E-state index in [1.165, 1.54) is 24.3 Å². The van der Waals surface area contributed by atoms with Gasteiger partial charge in [-0.1, -0.05) is 0 Å². The third-order valence-electron chi connectivity index (χ3n) is 4.60. The maximum absolute atomic E-state index is 13.0. The van der Waals surface area contributed by atoms with Crippen molar-refractivity contribution in [3.8, 4) is 5.75 Å². The Kier molecular flexibility index (Phi) is 6.06. The number of halogens is 1. The standard InChI is InChI=1S/C21H23FN2O3/c1-2-27-19-11-9-18(10-12-19)23-20(25)16-4-3-13-24(14-16)21(26)15-5-7-17(22)8-6-15/h5-12,16H,2-4,13-14H2,1H3,(H,23,25). The molecule has 0 aliphatic carbocycles. The van der Waals surface area contributed by atoms with Gasteiger partial charge in [-0.2, -0.15) is 0 Å². The second-order valence-electron chi connectivity index (χ2n) is 6.54. The van der Waals surface area contributed by atoms with Crippen molar-refractivity contribution in [3.63, 3.8) is 0 Å². The van der Waals surface area contributed by atoms with E-state index >= 15 is 0 Å². The first-order valence-electron chi connectivity index (χ1n) is 9.15. The number of nitrogens with zero attached hydrogens (tertiary/aromatic N) is 1. The number of hydrogen-bond donors (Lipinski definition) is 1. The predicted molar refractivity (Wildman–Crippen MR) is 101 cm³/mol. The van der Waals surface area contributed by atoms with Crippen LogP contribution in [-0.4, -0.2) is 36.4 Å². The molecule has 2 amide bonds. The average molecular weight is 370 g/mol. The summed E-state index contributed by atoms with van der Waals surface area (Å²) in [4.78, 5) is 26.9. The van der Waals surface area contributed by atoms with Crippen LogP contribution in [0.1, 0.15) is 30.1 Å². The normalized spacial score (nSPS) is 16.7. The highest BCUT2D eigenvalue weighted by molar-refractivity contribution is 5.96. The number of hydrogen-bond acceptors (Lipinski definition) is 3. The Morgan fingerprint density at radius 3 is 2.52 bits per heavy atom. The van der Waals surface area contributed by atoms with Crippen LogP contribution >= 0.6 is 0 Å². The third kappa shape index (κ3) is 4.84. The van der Waals surface area contributed by atoms with E-state index in [0.717, 1.165) is 18.6 Å². The molecule has 1 aliphatic rings. The van der Waals surface area contributed by atoms with Crippen molar-refractivity contribution < 1.29 is 18.7 Å². The molecule has 0 saturated carbocycles. The lowest BCUT2D eigenvalue weighted by molar-refractivity contribution is -0.121. The molecule has 1 fully saturated rings. The highest BCUT2D eigenvalue weighted by Gasteiger charge is 2.29. The largest absolute Gasteiger partial charge is 0.494 e. The second kappa shape index (κ2) is 8.66. The highest BCUT2D eigenvalue weighted by atomic mass is 19.1. The average Bonchev–Trinajstić information content (AvgIpc) is 2.70. The first kappa shape index (κ1) is 18.9. The van der Waals surface area contributed by atoms with Crippen LogP contribution in [0.15, 0.2) is 48.5 Å². The minimum absolute atomic E-state index is 0.101. The molecule has 3 rings (SSSR count). The summed E-state index contributed by atoms with van der Waals surface area (Å²) >= 11 is 0. The monoisotopic (exact) mass is 370 g/mol. The molecular weight excluding hydrogens is 347 g/mol. The molecule has 27 heavy (non-hydrogen) atoms. The molecule has 1 saturated heterocycles. The van der Waals surface area contributed by atoms with Gasteiger partial charge in [0.2, 0.25) is 5.91 Å². The molecule has 5 nitrogen and oxygen atoms in total. The SMILES string of the molecule is CCOc1ccc(NC(=O)C2CCCN(C(=O)c3ccc(F)cc3)C2)cc1. The molecule has 1 N–H and O–H groups in total. The van der Waals surface area contributed by atoms with E-state index in [1.807, 2.05) is 19.1 Å². The van der Waals surface area contributed by atoms with E-state index in [-0.39, 0.29) is 23.5 Å². The fraction of sp³-hybridized carbons (Fsp3) is 0.333. The Morgan fingerprint density at radius 1 is 1.15 bits per heavy atom. The van der Waals surface area contributed by atoms with Gasteiger partial charge in [0.1, 0.15) is 11.6 Å². The van der Waals surface area contributed by atoms with Gasteiger partial charge in [-0.05, 0) is 68.3 Å². The summed E-state index contributed by atoms with van der Waals surface area (Å²) in [5, 5.41) is 2.91. The zero-order valence-corrected chi connectivity index (χ0v) is 15.3. The molecule has 6 heteroatoms. The minimum Gasteiger partial charge on any atom is -0.494 e. The van der Waals surface area contributed by atoms with Gasteiger partial charge >= 0.3 is 0 Å². The van der Waals surface area contributed by atoms with Gasteiger partial charge in [-0.3, -0.25) is 9.59 Å². The molecule has 0 bridgehead atoms. The fourth-order valence-electron chi connectivity index (χ4n) is 3.20. The van der Waals surface area contributed by atoms with Crippen LogP contribution in [-0.2, 0) is 4.79 Å². The minimum atomic E-state index is -0.377. The highest BCUT2D eigenvalue weighted by Crippen LogP contribution is 2.22. The maximum atomic E-state index is 13.0. The predicted octanol–water partition coefficient (Wildman–Crippen LogP) is 3.72. The van der Waals surface area contributed by atoms with E-state index < -0.39 is 0 Å². The summed E-state index contributed by atoms with van der Waals surface area (Å²) in [5.41, 5.74) is 1.13. The van der Waals surface area contributed by atoms with Crippen LogP contribution in [0.3, 0.4) is 0 Å². The van der Waals surface area contributed by atoms with Crippen molar-refractivity contribution in [2.45, 2.75) is 19.8 Å². The molecule has 1 atom stereocenters. The van der Waals surface area contributed by atoms with E-state index in [1.54, 1.807) is 17.0 Å². The number of carbonyl (C=O) groups is 2. The molecule has 2 aromatic rings.